The zero-order chi connectivity index (χ0) is 10.5. The molecule has 0 saturated heterocycles. The molecule has 1 aromatic rings. The molecule has 0 spiro atoms. The largest absolute Gasteiger partial charge is 0.493 e. The molecule has 0 aromatic heterocycles. The Kier molecular flexibility index (Phi) is 3.72. The fraction of sp³-hybridized carbons (Fsp3) is 0.455. The van der Waals surface area contributed by atoms with Gasteiger partial charge in [0.25, 0.3) is 0 Å². The van der Waals surface area contributed by atoms with Gasteiger partial charge in [-0.25, -0.2) is 0 Å². The molecule has 1 aliphatic rings. The van der Waals surface area contributed by atoms with Crippen LogP contribution in [0.1, 0.15) is 12.8 Å². The smallest absolute Gasteiger partial charge is 0.231 e. The highest BCUT2D eigenvalue weighted by Gasteiger charge is 2.13. The van der Waals surface area contributed by atoms with Crippen LogP contribution in [-0.4, -0.2) is 18.7 Å². The monoisotopic (exact) mass is 272 g/mol. The summed E-state index contributed by atoms with van der Waals surface area (Å²) < 4.78 is 16.0. The summed E-state index contributed by atoms with van der Waals surface area (Å²) >= 11 is 3.38. The lowest BCUT2D eigenvalue weighted by Crippen LogP contribution is -1.97. The van der Waals surface area contributed by atoms with E-state index in [1.54, 1.807) is 0 Å². The van der Waals surface area contributed by atoms with E-state index < -0.39 is 0 Å². The summed E-state index contributed by atoms with van der Waals surface area (Å²) in [6, 6.07) is 5.65. The third-order valence-corrected chi connectivity index (χ3v) is 2.70. The van der Waals surface area contributed by atoms with E-state index in [2.05, 4.69) is 15.9 Å². The SMILES string of the molecule is BrCCCCOc1ccc2c(c1)OCO2. The number of ether oxygens (including phenoxy) is 3. The molecule has 4 heteroatoms. The Morgan fingerprint density at radius 2 is 2.07 bits per heavy atom. The Bertz CT molecular complexity index is 328. The van der Waals surface area contributed by atoms with E-state index in [9.17, 15) is 0 Å². The van der Waals surface area contributed by atoms with Crippen molar-refractivity contribution in [2.75, 3.05) is 18.7 Å². The molecule has 0 N–H and O–H groups in total. The predicted molar refractivity (Wildman–Crippen MR) is 61.1 cm³/mol. The molecule has 0 bridgehead atoms. The van der Waals surface area contributed by atoms with E-state index in [1.165, 1.54) is 0 Å². The Labute approximate surface area is 97.5 Å². The molecule has 15 heavy (non-hydrogen) atoms. The van der Waals surface area contributed by atoms with Gasteiger partial charge in [-0.15, -0.1) is 0 Å². The predicted octanol–water partition coefficient (Wildman–Crippen LogP) is 2.97. The minimum atomic E-state index is 0.308. The highest BCUT2D eigenvalue weighted by Crippen LogP contribution is 2.35. The molecular weight excluding hydrogens is 260 g/mol. The second-order valence-electron chi connectivity index (χ2n) is 3.26. The van der Waals surface area contributed by atoms with Crippen LogP contribution in [0.2, 0.25) is 0 Å². The van der Waals surface area contributed by atoms with Crippen LogP contribution in [0.25, 0.3) is 0 Å². The summed E-state index contributed by atoms with van der Waals surface area (Å²) in [7, 11) is 0. The van der Waals surface area contributed by atoms with Crippen molar-refractivity contribution in [3.05, 3.63) is 18.2 Å². The Morgan fingerprint density at radius 1 is 1.20 bits per heavy atom. The van der Waals surface area contributed by atoms with Gasteiger partial charge in [0.2, 0.25) is 6.79 Å². The third kappa shape index (κ3) is 2.78. The van der Waals surface area contributed by atoms with Gasteiger partial charge in [0.15, 0.2) is 11.5 Å². The summed E-state index contributed by atoms with van der Waals surface area (Å²) in [4.78, 5) is 0. The van der Waals surface area contributed by atoms with E-state index in [4.69, 9.17) is 14.2 Å². The molecule has 0 atom stereocenters. The summed E-state index contributed by atoms with van der Waals surface area (Å²) in [5, 5.41) is 1.03. The average molecular weight is 273 g/mol. The van der Waals surface area contributed by atoms with Gasteiger partial charge in [0.05, 0.1) is 6.61 Å². The van der Waals surface area contributed by atoms with Crippen molar-refractivity contribution in [1.29, 1.82) is 0 Å². The lowest BCUT2D eigenvalue weighted by atomic mass is 10.3. The van der Waals surface area contributed by atoms with Gasteiger partial charge in [-0.05, 0) is 25.0 Å². The maximum atomic E-state index is 5.58. The van der Waals surface area contributed by atoms with Crippen LogP contribution in [0, 0.1) is 0 Å². The van der Waals surface area contributed by atoms with E-state index >= 15 is 0 Å². The van der Waals surface area contributed by atoms with Crippen LogP contribution in [0.3, 0.4) is 0 Å². The lowest BCUT2D eigenvalue weighted by Gasteiger charge is -2.05. The van der Waals surface area contributed by atoms with Gasteiger partial charge < -0.3 is 14.2 Å². The molecule has 0 aliphatic carbocycles. The van der Waals surface area contributed by atoms with Crippen molar-refractivity contribution in [2.45, 2.75) is 12.8 Å². The van der Waals surface area contributed by atoms with Gasteiger partial charge in [-0.1, -0.05) is 15.9 Å². The van der Waals surface area contributed by atoms with Gasteiger partial charge in [-0.3, -0.25) is 0 Å². The van der Waals surface area contributed by atoms with E-state index in [1.807, 2.05) is 18.2 Å². The lowest BCUT2D eigenvalue weighted by molar-refractivity contribution is 0.173. The van der Waals surface area contributed by atoms with Crippen LogP contribution >= 0.6 is 15.9 Å². The van der Waals surface area contributed by atoms with Crippen molar-refractivity contribution in [3.8, 4) is 17.2 Å². The number of hydrogen-bond donors (Lipinski definition) is 0. The van der Waals surface area contributed by atoms with Gasteiger partial charge >= 0.3 is 0 Å². The zero-order valence-electron chi connectivity index (χ0n) is 8.37. The van der Waals surface area contributed by atoms with Crippen LogP contribution in [0.5, 0.6) is 17.2 Å². The molecule has 1 aromatic carbocycles. The number of fused-ring (bicyclic) bond motifs is 1. The maximum Gasteiger partial charge on any atom is 0.231 e. The first-order chi connectivity index (χ1) is 7.40. The van der Waals surface area contributed by atoms with Crippen molar-refractivity contribution < 1.29 is 14.2 Å². The van der Waals surface area contributed by atoms with Gasteiger partial charge in [0, 0.05) is 11.4 Å². The molecule has 1 heterocycles. The van der Waals surface area contributed by atoms with E-state index in [0.29, 0.717) is 6.79 Å². The Hall–Kier alpha value is -0.900. The molecular formula is C11H13BrO3. The minimum absolute atomic E-state index is 0.308. The molecule has 3 nitrogen and oxygen atoms in total. The standard InChI is InChI=1S/C11H13BrO3/c12-5-1-2-6-13-9-3-4-10-11(7-9)15-8-14-10/h3-4,7H,1-2,5-6,8H2. The summed E-state index contributed by atoms with van der Waals surface area (Å²) in [6.07, 6.45) is 2.18. The Balaban J connectivity index is 1.87. The van der Waals surface area contributed by atoms with Crippen molar-refractivity contribution in [2.24, 2.45) is 0 Å². The average Bonchev–Trinajstić information content (AvgIpc) is 2.71. The van der Waals surface area contributed by atoms with E-state index in [0.717, 1.165) is 42.0 Å². The first-order valence-corrected chi connectivity index (χ1v) is 6.11. The van der Waals surface area contributed by atoms with Crippen LogP contribution in [-0.2, 0) is 0 Å². The number of benzene rings is 1. The van der Waals surface area contributed by atoms with Crippen LogP contribution in [0.15, 0.2) is 18.2 Å². The third-order valence-electron chi connectivity index (χ3n) is 2.14. The molecule has 1 aliphatic heterocycles. The van der Waals surface area contributed by atoms with Gasteiger partial charge in [0.1, 0.15) is 5.75 Å². The minimum Gasteiger partial charge on any atom is -0.493 e. The number of rotatable bonds is 5. The normalized spacial score (nSPS) is 12.9. The topological polar surface area (TPSA) is 27.7 Å². The zero-order valence-corrected chi connectivity index (χ0v) is 9.96. The molecule has 2 rings (SSSR count). The molecule has 82 valence electrons. The summed E-state index contributed by atoms with van der Waals surface area (Å²) in [5.41, 5.74) is 0. The molecule has 0 fully saturated rings. The molecule has 0 saturated carbocycles. The number of alkyl halides is 1. The number of halogens is 1. The number of hydrogen-bond acceptors (Lipinski definition) is 3. The highest BCUT2D eigenvalue weighted by molar-refractivity contribution is 9.09. The quantitative estimate of drug-likeness (QED) is 0.609. The maximum absolute atomic E-state index is 5.58. The first-order valence-electron chi connectivity index (χ1n) is 4.98. The first kappa shape index (κ1) is 10.6. The van der Waals surface area contributed by atoms with Crippen molar-refractivity contribution in [1.82, 2.24) is 0 Å². The fourth-order valence-electron chi connectivity index (χ4n) is 1.35. The van der Waals surface area contributed by atoms with Crippen molar-refractivity contribution in [3.63, 3.8) is 0 Å². The molecule has 0 unspecified atom stereocenters. The second-order valence-corrected chi connectivity index (χ2v) is 4.05. The van der Waals surface area contributed by atoms with Crippen LogP contribution < -0.4 is 14.2 Å². The fourth-order valence-corrected chi connectivity index (χ4v) is 1.75. The second kappa shape index (κ2) is 5.26. The summed E-state index contributed by atoms with van der Waals surface area (Å²) in [6.45, 7) is 1.05. The molecule has 0 amide bonds. The van der Waals surface area contributed by atoms with E-state index in [-0.39, 0.29) is 0 Å². The van der Waals surface area contributed by atoms with Crippen molar-refractivity contribution >= 4 is 15.9 Å². The Morgan fingerprint density at radius 3 is 2.93 bits per heavy atom. The highest BCUT2D eigenvalue weighted by atomic mass is 79.9. The van der Waals surface area contributed by atoms with Crippen LogP contribution in [0.4, 0.5) is 0 Å². The molecule has 0 radical (unpaired) electrons. The van der Waals surface area contributed by atoms with Gasteiger partial charge in [-0.2, -0.15) is 0 Å². The summed E-state index contributed by atoms with van der Waals surface area (Å²) in [5.74, 6) is 2.41. The number of unbranched alkanes of at least 4 members (excludes halogenated alkanes) is 1.